The molecular formula is C29H29ClFN5O5. The summed E-state index contributed by atoms with van der Waals surface area (Å²) in [6.07, 6.45) is 2.67. The third-order valence-corrected chi connectivity index (χ3v) is 7.54. The third-order valence-electron chi connectivity index (χ3n) is 7.31. The van der Waals surface area contributed by atoms with E-state index in [4.69, 9.17) is 30.8 Å². The van der Waals surface area contributed by atoms with Gasteiger partial charge in [0.25, 0.3) is 0 Å². The summed E-state index contributed by atoms with van der Waals surface area (Å²) in [6.45, 7) is 3.66. The molecule has 0 amide bonds. The van der Waals surface area contributed by atoms with E-state index in [0.717, 1.165) is 44.8 Å². The highest BCUT2D eigenvalue weighted by Crippen LogP contribution is 2.25. The van der Waals surface area contributed by atoms with Gasteiger partial charge in [-0.1, -0.05) is 17.7 Å². The van der Waals surface area contributed by atoms with Crippen molar-refractivity contribution >= 4 is 28.7 Å². The smallest absolute Gasteiger partial charge is 0.354 e. The van der Waals surface area contributed by atoms with Crippen LogP contribution in [0.25, 0.3) is 11.2 Å². The van der Waals surface area contributed by atoms with Crippen molar-refractivity contribution in [3.63, 3.8) is 0 Å². The van der Waals surface area contributed by atoms with Crippen molar-refractivity contribution in [2.45, 2.75) is 51.2 Å². The van der Waals surface area contributed by atoms with Crippen LogP contribution in [0.5, 0.6) is 11.6 Å². The molecule has 2 aliphatic rings. The standard InChI is InChI=1S/C29H29ClFN5O5/c30-18-4-7-25(22(31)14-18)40-17-19-2-1-3-27(32-19)41-20-8-11-35(12-9-20)16-26-33-23-5-6-24(29(37)38)34-28(23)36(26)15-21-10-13-39-21/h1-7,14,20-21H,8-13,15-17H2,(H,37,38)/t21-/m0/s1. The Morgan fingerprint density at radius 2 is 1.93 bits per heavy atom. The molecule has 0 unspecified atom stereocenters. The Labute approximate surface area is 240 Å². The predicted octanol–water partition coefficient (Wildman–Crippen LogP) is 4.73. The quantitative estimate of drug-likeness (QED) is 0.284. The van der Waals surface area contributed by atoms with Crippen LogP contribution in [-0.2, 0) is 24.4 Å². The maximum atomic E-state index is 14.0. The molecule has 10 nitrogen and oxygen atoms in total. The first-order valence-corrected chi connectivity index (χ1v) is 13.9. The van der Waals surface area contributed by atoms with Crippen molar-refractivity contribution in [2.75, 3.05) is 19.7 Å². The number of halogens is 2. The van der Waals surface area contributed by atoms with E-state index in [1.54, 1.807) is 18.2 Å². The van der Waals surface area contributed by atoms with E-state index in [9.17, 15) is 14.3 Å². The predicted molar refractivity (Wildman–Crippen MR) is 148 cm³/mol. The van der Waals surface area contributed by atoms with Crippen molar-refractivity contribution in [3.8, 4) is 11.6 Å². The van der Waals surface area contributed by atoms with Gasteiger partial charge in [-0.05, 0) is 55.7 Å². The fourth-order valence-electron chi connectivity index (χ4n) is 5.02. The van der Waals surface area contributed by atoms with Crippen molar-refractivity contribution in [1.82, 2.24) is 24.4 Å². The number of carboxylic acid groups (broad SMARTS) is 1. The van der Waals surface area contributed by atoms with Crippen LogP contribution in [0.4, 0.5) is 4.39 Å². The van der Waals surface area contributed by atoms with Crippen LogP contribution in [0, 0.1) is 5.82 Å². The largest absolute Gasteiger partial charge is 0.484 e. The number of hydrogen-bond acceptors (Lipinski definition) is 8. The summed E-state index contributed by atoms with van der Waals surface area (Å²) in [5, 5.41) is 9.72. The summed E-state index contributed by atoms with van der Waals surface area (Å²) in [5.41, 5.74) is 1.88. The fourth-order valence-corrected chi connectivity index (χ4v) is 5.17. The summed E-state index contributed by atoms with van der Waals surface area (Å²) in [6, 6.07) is 12.9. The second-order valence-corrected chi connectivity index (χ2v) is 10.6. The van der Waals surface area contributed by atoms with Gasteiger partial charge in [0.15, 0.2) is 22.9 Å². The molecule has 0 aliphatic carbocycles. The van der Waals surface area contributed by atoms with Crippen LogP contribution in [0.1, 0.15) is 41.3 Å². The number of aromatic nitrogens is 4. The minimum absolute atomic E-state index is 0.000856. The molecule has 12 heteroatoms. The number of fused-ring (bicyclic) bond motifs is 1. The number of ether oxygens (including phenoxy) is 3. The van der Waals surface area contributed by atoms with Gasteiger partial charge < -0.3 is 23.9 Å². The molecule has 5 heterocycles. The van der Waals surface area contributed by atoms with E-state index in [2.05, 4.69) is 14.9 Å². The maximum Gasteiger partial charge on any atom is 0.354 e. The molecule has 41 heavy (non-hydrogen) atoms. The Morgan fingerprint density at radius 1 is 1.10 bits per heavy atom. The molecule has 3 aromatic heterocycles. The van der Waals surface area contributed by atoms with Crippen LogP contribution in [0.2, 0.25) is 5.02 Å². The van der Waals surface area contributed by atoms with Crippen LogP contribution in [-0.4, -0.2) is 67.4 Å². The Bertz CT molecular complexity index is 1550. The normalized spacial score (nSPS) is 17.9. The van der Waals surface area contributed by atoms with E-state index < -0.39 is 11.8 Å². The average molecular weight is 582 g/mol. The minimum Gasteiger partial charge on any atom is -0.484 e. The SMILES string of the molecule is O=C(O)c1ccc2nc(CN3CCC(Oc4cccc(COc5ccc(Cl)cc5F)n4)CC3)n(C[C@@H]3CCO3)c2n1. The van der Waals surface area contributed by atoms with Gasteiger partial charge in [0.2, 0.25) is 5.88 Å². The molecule has 0 spiro atoms. The number of nitrogens with zero attached hydrogens (tertiary/aromatic N) is 5. The number of rotatable bonds is 10. The molecule has 0 saturated carbocycles. The monoisotopic (exact) mass is 581 g/mol. The highest BCUT2D eigenvalue weighted by molar-refractivity contribution is 6.30. The summed E-state index contributed by atoms with van der Waals surface area (Å²) in [7, 11) is 0. The van der Waals surface area contributed by atoms with Gasteiger partial charge in [-0.3, -0.25) is 4.90 Å². The molecule has 1 atom stereocenters. The second-order valence-electron chi connectivity index (χ2n) is 10.2. The van der Waals surface area contributed by atoms with Crippen LogP contribution in [0.15, 0.2) is 48.5 Å². The lowest BCUT2D eigenvalue weighted by molar-refractivity contribution is -0.0593. The van der Waals surface area contributed by atoms with Crippen LogP contribution >= 0.6 is 11.6 Å². The molecule has 6 rings (SSSR count). The van der Waals surface area contributed by atoms with Crippen molar-refractivity contribution < 1.29 is 28.5 Å². The zero-order valence-corrected chi connectivity index (χ0v) is 23.0. The summed E-state index contributed by atoms with van der Waals surface area (Å²) < 4.78 is 33.4. The van der Waals surface area contributed by atoms with Crippen LogP contribution < -0.4 is 9.47 Å². The lowest BCUT2D eigenvalue weighted by Crippen LogP contribution is -2.39. The van der Waals surface area contributed by atoms with Gasteiger partial charge in [0, 0.05) is 30.8 Å². The first-order valence-electron chi connectivity index (χ1n) is 13.5. The maximum absolute atomic E-state index is 14.0. The molecule has 0 bridgehead atoms. The number of imidazole rings is 1. The molecule has 2 fully saturated rings. The first-order chi connectivity index (χ1) is 19.9. The number of piperidine rings is 1. The van der Waals surface area contributed by atoms with E-state index in [1.165, 1.54) is 18.2 Å². The number of carbonyl (C=O) groups is 1. The molecule has 0 radical (unpaired) electrons. The van der Waals surface area contributed by atoms with Gasteiger partial charge >= 0.3 is 5.97 Å². The van der Waals surface area contributed by atoms with Crippen molar-refractivity contribution in [3.05, 3.63) is 76.6 Å². The van der Waals surface area contributed by atoms with E-state index in [0.29, 0.717) is 40.8 Å². The van der Waals surface area contributed by atoms with E-state index in [1.807, 2.05) is 16.7 Å². The van der Waals surface area contributed by atoms with Gasteiger partial charge in [0.05, 0.1) is 24.9 Å². The lowest BCUT2D eigenvalue weighted by Gasteiger charge is -2.32. The summed E-state index contributed by atoms with van der Waals surface area (Å²) in [4.78, 5) is 27.5. The molecular weight excluding hydrogens is 553 g/mol. The number of carboxylic acids is 1. The molecule has 2 aliphatic heterocycles. The van der Waals surface area contributed by atoms with Crippen molar-refractivity contribution in [1.29, 1.82) is 0 Å². The van der Waals surface area contributed by atoms with E-state index in [-0.39, 0.29) is 30.3 Å². The van der Waals surface area contributed by atoms with Gasteiger partial charge in [-0.2, -0.15) is 0 Å². The summed E-state index contributed by atoms with van der Waals surface area (Å²) in [5.74, 6) is -0.127. The topological polar surface area (TPSA) is 112 Å². The number of hydrogen-bond donors (Lipinski definition) is 1. The molecule has 1 aromatic carbocycles. The minimum atomic E-state index is -1.06. The van der Waals surface area contributed by atoms with Crippen molar-refractivity contribution in [2.24, 2.45) is 0 Å². The Kier molecular flexibility index (Phi) is 8.00. The fraction of sp³-hybridized carbons (Fsp3) is 0.379. The lowest BCUT2D eigenvalue weighted by atomic mass is 10.1. The average Bonchev–Trinajstić information content (AvgIpc) is 3.27. The summed E-state index contributed by atoms with van der Waals surface area (Å²) >= 11 is 5.80. The molecule has 2 saturated heterocycles. The van der Waals surface area contributed by atoms with Gasteiger partial charge in [0.1, 0.15) is 24.1 Å². The van der Waals surface area contributed by atoms with Crippen LogP contribution in [0.3, 0.4) is 0 Å². The Hall–Kier alpha value is -3.80. The number of pyridine rings is 2. The van der Waals surface area contributed by atoms with E-state index >= 15 is 0 Å². The molecule has 214 valence electrons. The van der Waals surface area contributed by atoms with Gasteiger partial charge in [-0.25, -0.2) is 24.1 Å². The zero-order valence-electron chi connectivity index (χ0n) is 22.2. The zero-order chi connectivity index (χ0) is 28.3. The highest BCUT2D eigenvalue weighted by atomic mass is 35.5. The molecule has 1 N–H and O–H groups in total. The third kappa shape index (κ3) is 6.42. The Morgan fingerprint density at radius 3 is 2.66 bits per heavy atom. The highest BCUT2D eigenvalue weighted by Gasteiger charge is 2.26. The number of benzene rings is 1. The first kappa shape index (κ1) is 27.4. The van der Waals surface area contributed by atoms with Gasteiger partial charge in [-0.15, -0.1) is 0 Å². The molecule has 4 aromatic rings. The number of likely N-dealkylation sites (tertiary alicyclic amines) is 1. The second kappa shape index (κ2) is 12.0. The Balaban J connectivity index is 1.06. The number of aromatic carboxylic acids is 1.